The molecule has 3 aromatic rings. The summed E-state index contributed by atoms with van der Waals surface area (Å²) in [6, 6.07) is 15.8. The molecule has 0 aliphatic carbocycles. The van der Waals surface area contributed by atoms with Crippen molar-refractivity contribution in [2.45, 2.75) is 12.5 Å². The van der Waals surface area contributed by atoms with Gasteiger partial charge in [0.2, 0.25) is 0 Å². The van der Waals surface area contributed by atoms with Crippen LogP contribution in [0.25, 0.3) is 11.1 Å². The molecule has 1 saturated heterocycles. The maximum atomic E-state index is 6.24. The number of likely N-dealkylation sites (N-methyl/N-ethyl adjacent to an activating group) is 1. The molecule has 2 aliphatic rings. The number of fused-ring (bicyclic) bond motifs is 1. The molecule has 6 nitrogen and oxygen atoms in total. The Labute approximate surface area is 177 Å². The Balaban J connectivity index is 1.42. The number of piperazine rings is 1. The van der Waals surface area contributed by atoms with E-state index < -0.39 is 0 Å². The fraction of sp³-hybridized carbons (Fsp3) is 0.333. The molecule has 1 N–H and O–H groups in total. The van der Waals surface area contributed by atoms with Crippen LogP contribution < -0.4 is 15.0 Å². The summed E-state index contributed by atoms with van der Waals surface area (Å²) in [4.78, 5) is 13.6. The van der Waals surface area contributed by atoms with Gasteiger partial charge in [-0.3, -0.25) is 4.98 Å². The van der Waals surface area contributed by atoms with Crippen LogP contribution in [0.5, 0.6) is 5.75 Å². The maximum absolute atomic E-state index is 6.24. The highest BCUT2D eigenvalue weighted by Gasteiger charge is 2.24. The molecule has 30 heavy (non-hydrogen) atoms. The summed E-state index contributed by atoms with van der Waals surface area (Å²) >= 11 is 0. The number of benzene rings is 1. The average Bonchev–Trinajstić information content (AvgIpc) is 2.80. The van der Waals surface area contributed by atoms with E-state index in [0.717, 1.165) is 73.1 Å². The molecular weight excluding hydrogens is 374 g/mol. The predicted molar refractivity (Wildman–Crippen MR) is 119 cm³/mol. The van der Waals surface area contributed by atoms with Crippen molar-refractivity contribution in [2.75, 3.05) is 50.0 Å². The molecule has 153 valence electrons. The van der Waals surface area contributed by atoms with Crippen LogP contribution in [-0.2, 0) is 0 Å². The lowest BCUT2D eigenvalue weighted by Gasteiger charge is -2.34. The van der Waals surface area contributed by atoms with Gasteiger partial charge >= 0.3 is 0 Å². The molecule has 2 aromatic heterocycles. The summed E-state index contributed by atoms with van der Waals surface area (Å²) in [6.07, 6.45) is 6.32. The van der Waals surface area contributed by atoms with Gasteiger partial charge in [0, 0.05) is 74.4 Å². The Bertz CT molecular complexity index is 1000. The van der Waals surface area contributed by atoms with Crippen molar-refractivity contribution in [1.29, 1.82) is 0 Å². The molecule has 0 saturated carbocycles. The first-order valence-electron chi connectivity index (χ1n) is 10.5. The molecule has 1 aromatic carbocycles. The summed E-state index contributed by atoms with van der Waals surface area (Å²) < 4.78 is 6.24. The van der Waals surface area contributed by atoms with E-state index in [1.807, 2.05) is 24.4 Å². The van der Waals surface area contributed by atoms with Gasteiger partial charge in [0.05, 0.1) is 6.20 Å². The first-order valence-corrected chi connectivity index (χ1v) is 10.5. The minimum atomic E-state index is -0.0368. The molecule has 6 heteroatoms. The van der Waals surface area contributed by atoms with Crippen molar-refractivity contribution < 1.29 is 4.74 Å². The summed E-state index contributed by atoms with van der Waals surface area (Å²) in [6.45, 7) is 5.07. The molecule has 0 bridgehead atoms. The smallest absolute Gasteiger partial charge is 0.138 e. The van der Waals surface area contributed by atoms with E-state index in [1.54, 1.807) is 12.4 Å². The lowest BCUT2D eigenvalue weighted by Crippen LogP contribution is -2.44. The van der Waals surface area contributed by atoms with Crippen LogP contribution >= 0.6 is 0 Å². The minimum Gasteiger partial charge on any atom is -0.484 e. The topological polar surface area (TPSA) is 53.5 Å². The molecule has 1 atom stereocenters. The highest BCUT2D eigenvalue weighted by molar-refractivity contribution is 5.70. The average molecular weight is 401 g/mol. The number of anilines is 2. The van der Waals surface area contributed by atoms with Gasteiger partial charge in [-0.2, -0.15) is 0 Å². The number of pyridine rings is 2. The summed E-state index contributed by atoms with van der Waals surface area (Å²) in [5.74, 6) is 1.69. The third-order valence-electron chi connectivity index (χ3n) is 5.84. The zero-order valence-corrected chi connectivity index (χ0v) is 17.2. The molecule has 2 aliphatic heterocycles. The second kappa shape index (κ2) is 8.32. The molecular formula is C24H26N5O. The monoisotopic (exact) mass is 400 g/mol. The molecule has 1 unspecified atom stereocenters. The fourth-order valence-electron chi connectivity index (χ4n) is 4.08. The Kier molecular flexibility index (Phi) is 5.24. The van der Waals surface area contributed by atoms with E-state index >= 15 is 0 Å². The number of hydrogen-bond donors (Lipinski definition) is 1. The minimum absolute atomic E-state index is 0.0368. The number of nitrogens with zero attached hydrogens (tertiary/aromatic N) is 4. The van der Waals surface area contributed by atoms with E-state index in [4.69, 9.17) is 9.72 Å². The molecule has 5 rings (SSSR count). The molecule has 0 amide bonds. The van der Waals surface area contributed by atoms with Crippen LogP contribution in [0, 0.1) is 6.07 Å². The third kappa shape index (κ3) is 3.96. The zero-order valence-electron chi connectivity index (χ0n) is 17.2. The van der Waals surface area contributed by atoms with Crippen LogP contribution in [0.1, 0.15) is 18.1 Å². The first kappa shape index (κ1) is 18.9. The van der Waals surface area contributed by atoms with Crippen molar-refractivity contribution in [3.63, 3.8) is 0 Å². The molecule has 0 spiro atoms. The number of ether oxygens (including phenoxy) is 1. The van der Waals surface area contributed by atoms with Gasteiger partial charge in [-0.1, -0.05) is 12.1 Å². The van der Waals surface area contributed by atoms with Crippen molar-refractivity contribution >= 4 is 11.5 Å². The van der Waals surface area contributed by atoms with Crippen molar-refractivity contribution in [3.8, 4) is 16.9 Å². The Morgan fingerprint density at radius 3 is 2.83 bits per heavy atom. The van der Waals surface area contributed by atoms with Crippen LogP contribution in [-0.4, -0.2) is 54.6 Å². The van der Waals surface area contributed by atoms with E-state index in [0.29, 0.717) is 0 Å². The Hall–Kier alpha value is -3.12. The van der Waals surface area contributed by atoms with Gasteiger partial charge in [-0.25, -0.2) is 4.98 Å². The largest absolute Gasteiger partial charge is 0.484 e. The van der Waals surface area contributed by atoms with Gasteiger partial charge in [0.15, 0.2) is 0 Å². The number of rotatable bonds is 4. The van der Waals surface area contributed by atoms with Crippen LogP contribution in [0.4, 0.5) is 11.5 Å². The van der Waals surface area contributed by atoms with Crippen LogP contribution in [0.2, 0.25) is 0 Å². The highest BCUT2D eigenvalue weighted by atomic mass is 16.5. The second-order valence-corrected chi connectivity index (χ2v) is 7.93. The van der Waals surface area contributed by atoms with Gasteiger partial charge in [0.1, 0.15) is 17.7 Å². The lowest BCUT2D eigenvalue weighted by atomic mass is 9.98. The first-order chi connectivity index (χ1) is 14.8. The quantitative estimate of drug-likeness (QED) is 0.722. The molecule has 4 heterocycles. The van der Waals surface area contributed by atoms with E-state index in [9.17, 15) is 0 Å². The van der Waals surface area contributed by atoms with Gasteiger partial charge in [-0.15, -0.1) is 0 Å². The fourth-order valence-corrected chi connectivity index (χ4v) is 4.08. The summed E-state index contributed by atoms with van der Waals surface area (Å²) in [5, 5.41) is 3.40. The van der Waals surface area contributed by atoms with Crippen molar-refractivity contribution in [2.24, 2.45) is 0 Å². The molecule has 1 radical (unpaired) electrons. The zero-order chi connectivity index (χ0) is 20.3. The maximum Gasteiger partial charge on any atom is 0.138 e. The highest BCUT2D eigenvalue weighted by Crippen LogP contribution is 2.35. The standard InChI is InChI=1S/C24H26N5O/c1-28-10-12-29(13-11-28)20-5-2-4-18(14-20)19-15-22-23(7-9-26-24(22)27-16-19)30-21-6-3-8-25-17-21/h2-4,6,8,14-17,23H,7,9-13H2,1H3,(H,26,27). The SMILES string of the molecule is CN1CCN(c2[c]ccc(-c3cnc4c(c3)C(Oc3cccnc3)CCN4)c2)CC1. The Morgan fingerprint density at radius 2 is 2.00 bits per heavy atom. The van der Waals surface area contributed by atoms with Crippen molar-refractivity contribution in [3.05, 3.63) is 66.6 Å². The van der Waals surface area contributed by atoms with E-state index in [2.05, 4.69) is 51.4 Å². The number of nitrogens with one attached hydrogen (secondary N) is 1. The Morgan fingerprint density at radius 1 is 1.10 bits per heavy atom. The predicted octanol–water partition coefficient (Wildman–Crippen LogP) is 3.63. The number of aromatic nitrogens is 2. The summed E-state index contributed by atoms with van der Waals surface area (Å²) in [5.41, 5.74) is 4.50. The van der Waals surface area contributed by atoms with E-state index in [-0.39, 0.29) is 6.10 Å². The van der Waals surface area contributed by atoms with Gasteiger partial charge in [0.25, 0.3) is 0 Å². The van der Waals surface area contributed by atoms with Crippen LogP contribution in [0.15, 0.2) is 55.0 Å². The van der Waals surface area contributed by atoms with Crippen molar-refractivity contribution in [1.82, 2.24) is 14.9 Å². The van der Waals surface area contributed by atoms with Crippen LogP contribution in [0.3, 0.4) is 0 Å². The molecule has 1 fully saturated rings. The number of hydrogen-bond acceptors (Lipinski definition) is 6. The second-order valence-electron chi connectivity index (χ2n) is 7.93. The normalized spacial score (nSPS) is 19.1. The third-order valence-corrected chi connectivity index (χ3v) is 5.84. The van der Waals surface area contributed by atoms with E-state index in [1.165, 1.54) is 0 Å². The lowest BCUT2D eigenvalue weighted by molar-refractivity contribution is 0.194. The summed E-state index contributed by atoms with van der Waals surface area (Å²) in [7, 11) is 2.17. The van der Waals surface area contributed by atoms with Gasteiger partial charge < -0.3 is 19.9 Å². The van der Waals surface area contributed by atoms with Gasteiger partial charge in [-0.05, 0) is 36.9 Å².